The largest absolute Gasteiger partial charge is 0.478 e. The lowest BCUT2D eigenvalue weighted by Gasteiger charge is -2.19. The van der Waals surface area contributed by atoms with Crippen LogP contribution in [0.3, 0.4) is 0 Å². The van der Waals surface area contributed by atoms with Crippen LogP contribution in [0.1, 0.15) is 35.1 Å². The molecule has 4 aromatic rings. The quantitative estimate of drug-likeness (QED) is 0.246. The second-order valence-electron chi connectivity index (χ2n) is 8.12. The maximum atomic E-state index is 13.9. The monoisotopic (exact) mass is 458 g/mol. The zero-order chi connectivity index (χ0) is 22.9. The lowest BCUT2D eigenvalue weighted by molar-refractivity contribution is -0.131. The number of hydrogen-bond donors (Lipinski definition) is 2. The van der Waals surface area contributed by atoms with Gasteiger partial charge in [-0.3, -0.25) is 5.10 Å². The van der Waals surface area contributed by atoms with Gasteiger partial charge in [0.2, 0.25) is 0 Å². The molecule has 1 fully saturated rings. The number of allylic oxidation sites excluding steroid dienone is 1. The highest BCUT2D eigenvalue weighted by molar-refractivity contribution is 6.33. The number of carboxylic acid groups (broad SMARTS) is 1. The molecule has 3 aromatic carbocycles. The van der Waals surface area contributed by atoms with Gasteiger partial charge in [-0.1, -0.05) is 54.1 Å². The molecule has 0 saturated heterocycles. The number of H-pyrrole nitrogens is 1. The van der Waals surface area contributed by atoms with Crippen molar-refractivity contribution in [2.75, 3.05) is 0 Å². The van der Waals surface area contributed by atoms with Gasteiger partial charge >= 0.3 is 5.97 Å². The van der Waals surface area contributed by atoms with E-state index in [1.807, 2.05) is 42.6 Å². The first kappa shape index (κ1) is 21.2. The molecule has 164 valence electrons. The first-order valence-corrected chi connectivity index (χ1v) is 11.0. The normalized spacial score (nSPS) is 14.6. The molecule has 0 spiro atoms. The summed E-state index contributed by atoms with van der Waals surface area (Å²) < 4.78 is 13.9. The number of rotatable bonds is 6. The van der Waals surface area contributed by atoms with E-state index in [4.69, 9.17) is 16.7 Å². The van der Waals surface area contributed by atoms with E-state index < -0.39 is 5.97 Å². The molecule has 5 rings (SSSR count). The minimum atomic E-state index is -0.992. The van der Waals surface area contributed by atoms with Crippen molar-refractivity contribution in [1.82, 2.24) is 10.2 Å². The van der Waals surface area contributed by atoms with Crippen molar-refractivity contribution in [3.05, 3.63) is 106 Å². The summed E-state index contributed by atoms with van der Waals surface area (Å²) in [5.74, 6) is -1.04. The van der Waals surface area contributed by atoms with Crippen LogP contribution < -0.4 is 0 Å². The van der Waals surface area contributed by atoms with Crippen LogP contribution in [0, 0.1) is 11.7 Å². The van der Waals surface area contributed by atoms with Crippen LogP contribution in [0.4, 0.5) is 4.39 Å². The van der Waals surface area contributed by atoms with Gasteiger partial charge in [0.05, 0.1) is 16.7 Å². The number of nitrogens with one attached hydrogen (secondary N) is 1. The zero-order valence-corrected chi connectivity index (χ0v) is 18.3. The molecule has 0 radical (unpaired) electrons. The zero-order valence-electron chi connectivity index (χ0n) is 17.6. The molecule has 0 aliphatic heterocycles. The van der Waals surface area contributed by atoms with Gasteiger partial charge in [0, 0.05) is 11.5 Å². The highest BCUT2D eigenvalue weighted by atomic mass is 35.5. The third kappa shape index (κ3) is 4.32. The predicted octanol–water partition coefficient (Wildman–Crippen LogP) is 6.82. The lowest BCUT2D eigenvalue weighted by atomic mass is 9.85. The Kier molecular flexibility index (Phi) is 5.56. The molecule has 0 unspecified atom stereocenters. The Morgan fingerprint density at radius 2 is 1.88 bits per heavy atom. The number of carboxylic acids is 1. The van der Waals surface area contributed by atoms with E-state index in [2.05, 4.69) is 16.3 Å². The van der Waals surface area contributed by atoms with Gasteiger partial charge in [0.15, 0.2) is 0 Å². The number of benzene rings is 3. The van der Waals surface area contributed by atoms with Gasteiger partial charge in [-0.15, -0.1) is 0 Å². The number of aromatic amines is 1. The Morgan fingerprint density at radius 1 is 1.09 bits per heavy atom. The van der Waals surface area contributed by atoms with E-state index in [0.717, 1.165) is 63.2 Å². The first-order chi connectivity index (χ1) is 16.0. The maximum Gasteiger partial charge on any atom is 0.328 e. The Morgan fingerprint density at radius 3 is 2.58 bits per heavy atom. The summed E-state index contributed by atoms with van der Waals surface area (Å²) in [5, 5.41) is 17.5. The van der Waals surface area contributed by atoms with E-state index in [9.17, 15) is 9.18 Å². The van der Waals surface area contributed by atoms with Crippen molar-refractivity contribution in [2.45, 2.75) is 12.8 Å². The SMILES string of the molecule is O=C(O)C=Cc1ccc(C(=C(c2ccc(F)cc2Cl)C2CC2)c2cccc3[nH]ncc23)cc1. The molecule has 33 heavy (non-hydrogen) atoms. The average molecular weight is 459 g/mol. The number of hydrogen-bond acceptors (Lipinski definition) is 2. The van der Waals surface area contributed by atoms with E-state index >= 15 is 0 Å². The van der Waals surface area contributed by atoms with E-state index in [1.165, 1.54) is 12.1 Å². The predicted molar refractivity (Wildman–Crippen MR) is 129 cm³/mol. The number of fused-ring (bicyclic) bond motifs is 1. The molecule has 0 atom stereocenters. The summed E-state index contributed by atoms with van der Waals surface area (Å²) in [7, 11) is 0. The summed E-state index contributed by atoms with van der Waals surface area (Å²) >= 11 is 6.55. The number of halogens is 2. The first-order valence-electron chi connectivity index (χ1n) is 10.6. The Balaban J connectivity index is 1.77. The van der Waals surface area contributed by atoms with Crippen LogP contribution in [-0.2, 0) is 4.79 Å². The Hall–Kier alpha value is -3.70. The third-order valence-electron chi connectivity index (χ3n) is 5.85. The molecule has 1 aromatic heterocycles. The van der Waals surface area contributed by atoms with Crippen molar-refractivity contribution < 1.29 is 14.3 Å². The number of nitrogens with zero attached hydrogens (tertiary/aromatic N) is 1. The van der Waals surface area contributed by atoms with Crippen molar-refractivity contribution >= 4 is 45.7 Å². The highest BCUT2D eigenvalue weighted by Crippen LogP contribution is 2.49. The molecule has 4 nitrogen and oxygen atoms in total. The van der Waals surface area contributed by atoms with Crippen LogP contribution in [-0.4, -0.2) is 21.3 Å². The fraction of sp³-hybridized carbons (Fsp3) is 0.111. The summed E-state index contributed by atoms with van der Waals surface area (Å²) in [4.78, 5) is 10.9. The van der Waals surface area contributed by atoms with Crippen molar-refractivity contribution in [3.8, 4) is 0 Å². The van der Waals surface area contributed by atoms with Gasteiger partial charge in [-0.05, 0) is 76.4 Å². The van der Waals surface area contributed by atoms with Crippen LogP contribution in [0.2, 0.25) is 5.02 Å². The number of aromatic nitrogens is 2. The number of carbonyl (C=O) groups is 1. The lowest BCUT2D eigenvalue weighted by Crippen LogP contribution is -1.99. The minimum absolute atomic E-state index is 0.316. The topological polar surface area (TPSA) is 66.0 Å². The van der Waals surface area contributed by atoms with Gasteiger partial charge in [-0.2, -0.15) is 5.10 Å². The summed E-state index contributed by atoms with van der Waals surface area (Å²) in [6.45, 7) is 0. The summed E-state index contributed by atoms with van der Waals surface area (Å²) in [6.07, 6.45) is 6.56. The Bertz CT molecular complexity index is 1420. The van der Waals surface area contributed by atoms with Crippen LogP contribution in [0.5, 0.6) is 0 Å². The van der Waals surface area contributed by atoms with Crippen molar-refractivity contribution in [2.24, 2.45) is 5.92 Å². The van der Waals surface area contributed by atoms with Crippen molar-refractivity contribution in [1.29, 1.82) is 0 Å². The fourth-order valence-electron chi connectivity index (χ4n) is 4.21. The molecule has 1 aliphatic carbocycles. The Labute approximate surface area is 195 Å². The molecular formula is C27H20ClFN2O2. The summed E-state index contributed by atoms with van der Waals surface area (Å²) in [6, 6.07) is 18.3. The van der Waals surface area contributed by atoms with Crippen LogP contribution in [0.15, 0.2) is 72.9 Å². The molecule has 0 amide bonds. The molecular weight excluding hydrogens is 439 g/mol. The molecule has 0 bridgehead atoms. The smallest absolute Gasteiger partial charge is 0.328 e. The maximum absolute atomic E-state index is 13.9. The van der Waals surface area contributed by atoms with E-state index in [0.29, 0.717) is 10.9 Å². The second kappa shape index (κ2) is 8.68. The van der Waals surface area contributed by atoms with Gasteiger partial charge in [0.25, 0.3) is 0 Å². The second-order valence-corrected chi connectivity index (χ2v) is 8.52. The summed E-state index contributed by atoms with van der Waals surface area (Å²) in [5.41, 5.74) is 6.62. The fourth-order valence-corrected chi connectivity index (χ4v) is 4.48. The molecule has 2 N–H and O–H groups in total. The van der Waals surface area contributed by atoms with Gasteiger partial charge < -0.3 is 5.11 Å². The van der Waals surface area contributed by atoms with E-state index in [-0.39, 0.29) is 5.82 Å². The van der Waals surface area contributed by atoms with Gasteiger partial charge in [0.1, 0.15) is 5.82 Å². The molecule has 1 saturated carbocycles. The van der Waals surface area contributed by atoms with Crippen molar-refractivity contribution in [3.63, 3.8) is 0 Å². The van der Waals surface area contributed by atoms with Crippen LogP contribution in [0.25, 0.3) is 28.1 Å². The standard InChI is InChI=1S/C27H20ClFN2O2/c28-23-14-19(29)11-12-21(23)27(18-9-10-18)26(20-2-1-3-24-22(20)15-30-31-24)17-7-4-16(5-8-17)6-13-25(32)33/h1-8,11-15,18H,9-10H2,(H,30,31)(H,32,33). The average Bonchev–Trinajstić information content (AvgIpc) is 3.52. The number of aliphatic carboxylic acids is 1. The third-order valence-corrected chi connectivity index (χ3v) is 6.16. The van der Waals surface area contributed by atoms with Gasteiger partial charge in [-0.25, -0.2) is 9.18 Å². The molecule has 1 heterocycles. The molecule has 1 aliphatic rings. The highest BCUT2D eigenvalue weighted by Gasteiger charge is 2.32. The van der Waals surface area contributed by atoms with Crippen LogP contribution >= 0.6 is 11.6 Å². The minimum Gasteiger partial charge on any atom is -0.478 e. The van der Waals surface area contributed by atoms with E-state index in [1.54, 1.807) is 12.1 Å². The molecule has 6 heteroatoms.